The predicted molar refractivity (Wildman–Crippen MR) is 105 cm³/mol. The quantitative estimate of drug-likeness (QED) is 0.749. The number of carbonyl (C=O) groups excluding carboxylic acids is 2. The number of amides is 2. The first-order chi connectivity index (χ1) is 12.3. The van der Waals surface area contributed by atoms with Crippen molar-refractivity contribution in [2.45, 2.75) is 13.0 Å². The molecule has 2 aromatic rings. The maximum atomic E-state index is 12.3. The molecule has 0 radical (unpaired) electrons. The number of hydrogen-bond acceptors (Lipinski definition) is 4. The zero-order valence-electron chi connectivity index (χ0n) is 14.1. The second-order valence-corrected chi connectivity index (χ2v) is 6.84. The highest BCUT2D eigenvalue weighted by Crippen LogP contribution is 2.29. The van der Waals surface area contributed by atoms with Crippen LogP contribution in [0.2, 0.25) is 15.1 Å². The van der Waals surface area contributed by atoms with Crippen molar-refractivity contribution in [1.82, 2.24) is 9.88 Å². The molecule has 1 unspecified atom stereocenters. The van der Waals surface area contributed by atoms with E-state index in [4.69, 9.17) is 34.8 Å². The van der Waals surface area contributed by atoms with Gasteiger partial charge in [-0.15, -0.1) is 0 Å². The van der Waals surface area contributed by atoms with Gasteiger partial charge in [-0.2, -0.15) is 0 Å². The number of likely N-dealkylation sites (N-methyl/N-ethyl adjacent to an activating group) is 1. The minimum atomic E-state index is -0.569. The van der Waals surface area contributed by atoms with E-state index < -0.39 is 6.04 Å². The number of pyridine rings is 1. The molecule has 0 fully saturated rings. The van der Waals surface area contributed by atoms with Gasteiger partial charge in [-0.25, -0.2) is 4.98 Å². The SMILES string of the molecule is CC(C(=O)Nc1ccc(Cl)cn1)N(C)CC(=O)Nc1c(Cl)cccc1Cl. The number of carbonyl (C=O) groups is 2. The third kappa shape index (κ3) is 5.57. The highest BCUT2D eigenvalue weighted by Gasteiger charge is 2.21. The average Bonchev–Trinajstić information content (AvgIpc) is 2.59. The van der Waals surface area contributed by atoms with Gasteiger partial charge in [0.05, 0.1) is 33.3 Å². The molecule has 0 saturated heterocycles. The van der Waals surface area contributed by atoms with Gasteiger partial charge in [0.2, 0.25) is 11.8 Å². The molecule has 6 nitrogen and oxygen atoms in total. The molecule has 0 aliphatic heterocycles. The minimum Gasteiger partial charge on any atom is -0.322 e. The van der Waals surface area contributed by atoms with Gasteiger partial charge in [-0.05, 0) is 38.2 Å². The molecular weight excluding hydrogens is 399 g/mol. The van der Waals surface area contributed by atoms with E-state index >= 15 is 0 Å². The van der Waals surface area contributed by atoms with E-state index in [0.29, 0.717) is 26.6 Å². The first-order valence-electron chi connectivity index (χ1n) is 7.64. The summed E-state index contributed by atoms with van der Waals surface area (Å²) in [6, 6.07) is 7.59. The fourth-order valence-electron chi connectivity index (χ4n) is 2.04. The molecule has 2 N–H and O–H groups in total. The second-order valence-electron chi connectivity index (χ2n) is 5.59. The van der Waals surface area contributed by atoms with Crippen LogP contribution in [0.3, 0.4) is 0 Å². The molecule has 9 heteroatoms. The molecule has 26 heavy (non-hydrogen) atoms. The Labute approximate surface area is 166 Å². The minimum absolute atomic E-state index is 0.0236. The molecule has 0 aliphatic rings. The van der Waals surface area contributed by atoms with Gasteiger partial charge in [0, 0.05) is 6.20 Å². The largest absolute Gasteiger partial charge is 0.322 e. The number of nitrogens with zero attached hydrogens (tertiary/aromatic N) is 2. The van der Waals surface area contributed by atoms with Crippen molar-refractivity contribution < 1.29 is 9.59 Å². The lowest BCUT2D eigenvalue weighted by atomic mass is 10.2. The Kier molecular flexibility index (Phi) is 7.23. The Hall–Kier alpha value is -1.86. The van der Waals surface area contributed by atoms with E-state index in [2.05, 4.69) is 15.6 Å². The lowest BCUT2D eigenvalue weighted by Crippen LogP contribution is -2.43. The highest BCUT2D eigenvalue weighted by molar-refractivity contribution is 6.39. The van der Waals surface area contributed by atoms with Gasteiger partial charge in [-0.1, -0.05) is 40.9 Å². The van der Waals surface area contributed by atoms with Gasteiger partial charge >= 0.3 is 0 Å². The Morgan fingerprint density at radius 2 is 1.77 bits per heavy atom. The molecule has 1 atom stereocenters. The van der Waals surface area contributed by atoms with Gasteiger partial charge < -0.3 is 10.6 Å². The van der Waals surface area contributed by atoms with Crippen molar-refractivity contribution in [2.24, 2.45) is 0 Å². The van der Waals surface area contributed by atoms with Crippen LogP contribution in [0.15, 0.2) is 36.5 Å². The highest BCUT2D eigenvalue weighted by atomic mass is 35.5. The molecule has 0 bridgehead atoms. The summed E-state index contributed by atoms with van der Waals surface area (Å²) in [5.74, 6) is -0.260. The number of para-hydroxylation sites is 1. The van der Waals surface area contributed by atoms with Crippen molar-refractivity contribution in [1.29, 1.82) is 0 Å². The van der Waals surface area contributed by atoms with E-state index in [1.807, 2.05) is 0 Å². The average molecular weight is 416 g/mol. The van der Waals surface area contributed by atoms with E-state index in [1.165, 1.54) is 6.20 Å². The Morgan fingerprint density at radius 3 is 2.35 bits per heavy atom. The van der Waals surface area contributed by atoms with E-state index in [0.717, 1.165) is 0 Å². The molecule has 2 amide bonds. The third-order valence-corrected chi connectivity index (χ3v) is 4.49. The Balaban J connectivity index is 1.93. The summed E-state index contributed by atoms with van der Waals surface area (Å²) in [7, 11) is 1.66. The molecule has 1 aromatic heterocycles. The maximum absolute atomic E-state index is 12.3. The van der Waals surface area contributed by atoms with Gasteiger partial charge in [-0.3, -0.25) is 14.5 Å². The van der Waals surface area contributed by atoms with E-state index in [-0.39, 0.29) is 18.4 Å². The van der Waals surface area contributed by atoms with Crippen molar-refractivity contribution in [3.05, 3.63) is 51.6 Å². The fourth-order valence-corrected chi connectivity index (χ4v) is 2.64. The zero-order chi connectivity index (χ0) is 19.3. The van der Waals surface area contributed by atoms with E-state index in [1.54, 1.807) is 49.2 Å². The van der Waals surface area contributed by atoms with Crippen molar-refractivity contribution in [3.8, 4) is 0 Å². The smallest absolute Gasteiger partial charge is 0.242 e. The lowest BCUT2D eigenvalue weighted by Gasteiger charge is -2.23. The second kappa shape index (κ2) is 9.19. The maximum Gasteiger partial charge on any atom is 0.242 e. The predicted octanol–water partition coefficient (Wildman–Crippen LogP) is 3.94. The van der Waals surface area contributed by atoms with Gasteiger partial charge in [0.15, 0.2) is 0 Å². The number of nitrogens with one attached hydrogen (secondary N) is 2. The van der Waals surface area contributed by atoms with Crippen molar-refractivity contribution in [2.75, 3.05) is 24.2 Å². The summed E-state index contributed by atoms with van der Waals surface area (Å²) in [6.07, 6.45) is 1.44. The van der Waals surface area contributed by atoms with Gasteiger partial charge in [0.25, 0.3) is 0 Å². The number of rotatable bonds is 6. The summed E-state index contributed by atoms with van der Waals surface area (Å²) in [5.41, 5.74) is 0.344. The number of aromatic nitrogens is 1. The van der Waals surface area contributed by atoms with Gasteiger partial charge in [0.1, 0.15) is 5.82 Å². The van der Waals surface area contributed by atoms with Crippen LogP contribution in [0, 0.1) is 0 Å². The standard InChI is InChI=1S/C17H17Cl3N4O2/c1-10(17(26)22-14-7-6-11(18)8-21-14)24(2)9-15(25)23-16-12(19)4-3-5-13(16)20/h3-8,10H,9H2,1-2H3,(H,23,25)(H,21,22,26). The molecule has 0 aliphatic carbocycles. The monoisotopic (exact) mass is 414 g/mol. The third-order valence-electron chi connectivity index (χ3n) is 3.64. The van der Waals surface area contributed by atoms with Crippen LogP contribution in [-0.4, -0.2) is 41.3 Å². The van der Waals surface area contributed by atoms with Crippen molar-refractivity contribution in [3.63, 3.8) is 0 Å². The van der Waals surface area contributed by atoms with Crippen LogP contribution in [0.25, 0.3) is 0 Å². The van der Waals surface area contributed by atoms with E-state index in [9.17, 15) is 9.59 Å². The molecule has 0 spiro atoms. The normalized spacial score (nSPS) is 11.9. The zero-order valence-corrected chi connectivity index (χ0v) is 16.4. The number of benzene rings is 1. The van der Waals surface area contributed by atoms with Crippen LogP contribution in [0.5, 0.6) is 0 Å². The fraction of sp³-hybridized carbons (Fsp3) is 0.235. The number of anilines is 2. The first-order valence-corrected chi connectivity index (χ1v) is 8.78. The molecular formula is C17H17Cl3N4O2. The molecule has 0 saturated carbocycles. The summed E-state index contributed by atoms with van der Waals surface area (Å²) < 4.78 is 0. The van der Waals surface area contributed by atoms with Crippen LogP contribution < -0.4 is 10.6 Å². The number of hydrogen-bond donors (Lipinski definition) is 2. The Bertz CT molecular complexity index is 779. The number of halogens is 3. The van der Waals surface area contributed by atoms with Crippen LogP contribution in [0.1, 0.15) is 6.92 Å². The molecule has 1 aromatic carbocycles. The summed E-state index contributed by atoms with van der Waals surface area (Å²) in [6.45, 7) is 1.66. The first kappa shape index (κ1) is 20.5. The molecule has 2 rings (SSSR count). The lowest BCUT2D eigenvalue weighted by molar-refractivity contribution is -0.122. The molecule has 1 heterocycles. The molecule has 138 valence electrons. The van der Waals surface area contributed by atoms with Crippen LogP contribution >= 0.6 is 34.8 Å². The summed E-state index contributed by atoms with van der Waals surface area (Å²) >= 11 is 17.8. The van der Waals surface area contributed by atoms with Crippen LogP contribution in [0.4, 0.5) is 11.5 Å². The summed E-state index contributed by atoms with van der Waals surface area (Å²) in [4.78, 5) is 30.1. The Morgan fingerprint density at radius 1 is 1.12 bits per heavy atom. The summed E-state index contributed by atoms with van der Waals surface area (Å²) in [5, 5.41) is 6.48. The van der Waals surface area contributed by atoms with Crippen molar-refractivity contribution >= 4 is 58.1 Å². The topological polar surface area (TPSA) is 74.3 Å². The van der Waals surface area contributed by atoms with Crippen LogP contribution in [-0.2, 0) is 9.59 Å².